The van der Waals surface area contributed by atoms with Gasteiger partial charge in [-0.3, -0.25) is 13.9 Å². The largest absolute Gasteiger partial charge is 0.497 e. The molecule has 0 saturated heterocycles. The molecule has 0 aliphatic heterocycles. The number of benzene rings is 3. The maximum Gasteiger partial charge on any atom is 0.244 e. The lowest BCUT2D eigenvalue weighted by Crippen LogP contribution is -2.53. The van der Waals surface area contributed by atoms with E-state index in [0.29, 0.717) is 18.0 Å². The third-order valence-electron chi connectivity index (χ3n) is 6.37. The van der Waals surface area contributed by atoms with E-state index >= 15 is 0 Å². The number of hydrogen-bond donors (Lipinski definition) is 1. The highest BCUT2D eigenvalue weighted by Crippen LogP contribution is 2.24. The van der Waals surface area contributed by atoms with Crippen molar-refractivity contribution in [2.24, 2.45) is 0 Å². The van der Waals surface area contributed by atoms with Crippen LogP contribution in [0.4, 0.5) is 5.69 Å². The van der Waals surface area contributed by atoms with Crippen molar-refractivity contribution in [3.05, 3.63) is 95.6 Å². The number of aryl methyl sites for hydroxylation is 1. The molecule has 2 amide bonds. The fourth-order valence-corrected chi connectivity index (χ4v) is 5.23. The number of nitrogens with one attached hydrogen (secondary N) is 1. The van der Waals surface area contributed by atoms with E-state index in [2.05, 4.69) is 5.32 Å². The number of nitrogens with zero attached hydrogens (tertiary/aromatic N) is 2. The summed E-state index contributed by atoms with van der Waals surface area (Å²) < 4.78 is 32.2. The number of ether oxygens (including phenoxy) is 1. The maximum atomic E-state index is 14.1. The molecular formula is C30H37N3O5S. The Labute approximate surface area is 231 Å². The smallest absolute Gasteiger partial charge is 0.244 e. The van der Waals surface area contributed by atoms with E-state index in [1.807, 2.05) is 55.5 Å². The van der Waals surface area contributed by atoms with Gasteiger partial charge in [-0.15, -0.1) is 0 Å². The van der Waals surface area contributed by atoms with Crippen molar-refractivity contribution in [1.82, 2.24) is 10.2 Å². The van der Waals surface area contributed by atoms with Crippen LogP contribution in [-0.4, -0.2) is 57.6 Å². The van der Waals surface area contributed by atoms with Crippen LogP contribution in [0, 0.1) is 6.92 Å². The Hall–Kier alpha value is -3.85. The van der Waals surface area contributed by atoms with Crippen LogP contribution < -0.4 is 14.4 Å². The van der Waals surface area contributed by atoms with Gasteiger partial charge in [0.25, 0.3) is 0 Å². The van der Waals surface area contributed by atoms with Gasteiger partial charge in [0, 0.05) is 19.5 Å². The quantitative estimate of drug-likeness (QED) is 0.347. The van der Waals surface area contributed by atoms with Crippen LogP contribution in [0.2, 0.25) is 0 Å². The molecule has 208 valence electrons. The van der Waals surface area contributed by atoms with E-state index in [1.165, 1.54) is 4.90 Å². The minimum atomic E-state index is -3.81. The number of rotatable bonds is 13. The van der Waals surface area contributed by atoms with Gasteiger partial charge in [0.05, 0.1) is 19.1 Å². The third kappa shape index (κ3) is 8.32. The van der Waals surface area contributed by atoms with E-state index in [4.69, 9.17) is 4.74 Å². The van der Waals surface area contributed by atoms with Crippen molar-refractivity contribution >= 4 is 27.5 Å². The second kappa shape index (κ2) is 13.8. The molecule has 0 aromatic heterocycles. The number of methoxy groups -OCH3 is 1. The first-order valence-electron chi connectivity index (χ1n) is 12.9. The average molecular weight is 552 g/mol. The minimum absolute atomic E-state index is 0.0957. The van der Waals surface area contributed by atoms with Crippen LogP contribution in [-0.2, 0) is 32.6 Å². The van der Waals surface area contributed by atoms with Crippen LogP contribution in [0.3, 0.4) is 0 Å². The summed E-state index contributed by atoms with van der Waals surface area (Å²) in [5, 5.41) is 2.93. The van der Waals surface area contributed by atoms with Crippen molar-refractivity contribution in [3.8, 4) is 5.75 Å². The number of hydrogen-bond acceptors (Lipinski definition) is 5. The lowest BCUT2D eigenvalue weighted by atomic mass is 10.0. The first-order valence-corrected chi connectivity index (χ1v) is 14.8. The zero-order valence-electron chi connectivity index (χ0n) is 23.0. The average Bonchev–Trinajstić information content (AvgIpc) is 2.92. The summed E-state index contributed by atoms with van der Waals surface area (Å²) in [5.41, 5.74) is 2.78. The molecule has 3 rings (SSSR count). The molecule has 1 atom stereocenters. The van der Waals surface area contributed by atoms with Crippen LogP contribution in [0.1, 0.15) is 30.0 Å². The lowest BCUT2D eigenvalue weighted by Gasteiger charge is -2.33. The molecule has 0 saturated carbocycles. The first kappa shape index (κ1) is 29.7. The van der Waals surface area contributed by atoms with Crippen molar-refractivity contribution in [2.45, 2.75) is 39.3 Å². The molecular weight excluding hydrogens is 514 g/mol. The number of anilines is 1. The highest BCUT2D eigenvalue weighted by molar-refractivity contribution is 7.92. The highest BCUT2D eigenvalue weighted by Gasteiger charge is 2.33. The summed E-state index contributed by atoms with van der Waals surface area (Å²) in [6, 6.07) is 22.9. The molecule has 1 N–H and O–H groups in total. The van der Waals surface area contributed by atoms with Gasteiger partial charge >= 0.3 is 0 Å². The van der Waals surface area contributed by atoms with Crippen molar-refractivity contribution in [2.75, 3.05) is 30.8 Å². The summed E-state index contributed by atoms with van der Waals surface area (Å²) >= 11 is 0. The molecule has 0 aliphatic rings. The van der Waals surface area contributed by atoms with E-state index in [0.717, 1.165) is 33.7 Å². The van der Waals surface area contributed by atoms with E-state index in [9.17, 15) is 18.0 Å². The maximum absolute atomic E-state index is 14.1. The SMILES string of the molecule is CCCNC(=O)C(Cc1ccccc1)N(Cc1cccc(OC)c1)C(=O)CN(c1ccccc1C)S(C)(=O)=O. The van der Waals surface area contributed by atoms with Gasteiger partial charge in [-0.2, -0.15) is 0 Å². The number of para-hydroxylation sites is 1. The van der Waals surface area contributed by atoms with Gasteiger partial charge in [-0.25, -0.2) is 8.42 Å². The van der Waals surface area contributed by atoms with Gasteiger partial charge in [0.1, 0.15) is 18.3 Å². The van der Waals surface area contributed by atoms with Crippen molar-refractivity contribution in [3.63, 3.8) is 0 Å². The second-order valence-corrected chi connectivity index (χ2v) is 11.3. The zero-order valence-corrected chi connectivity index (χ0v) is 23.8. The molecule has 1 unspecified atom stereocenters. The molecule has 39 heavy (non-hydrogen) atoms. The van der Waals surface area contributed by atoms with Crippen LogP contribution in [0.15, 0.2) is 78.9 Å². The number of carbonyl (C=O) groups excluding carboxylic acids is 2. The Kier molecular flexibility index (Phi) is 10.5. The molecule has 9 heteroatoms. The molecule has 3 aromatic rings. The predicted octanol–water partition coefficient (Wildman–Crippen LogP) is 3.94. The zero-order chi connectivity index (χ0) is 28.4. The molecule has 8 nitrogen and oxygen atoms in total. The van der Waals surface area contributed by atoms with Gasteiger partial charge in [-0.1, -0.05) is 67.6 Å². The Morgan fingerprint density at radius 2 is 1.62 bits per heavy atom. The van der Waals surface area contributed by atoms with Crippen LogP contribution in [0.5, 0.6) is 5.75 Å². The minimum Gasteiger partial charge on any atom is -0.497 e. The lowest BCUT2D eigenvalue weighted by molar-refractivity contribution is -0.140. The summed E-state index contributed by atoms with van der Waals surface area (Å²) in [6.45, 7) is 3.86. The molecule has 0 spiro atoms. The van der Waals surface area contributed by atoms with Crippen LogP contribution in [0.25, 0.3) is 0 Å². The third-order valence-corrected chi connectivity index (χ3v) is 7.50. The fraction of sp³-hybridized carbons (Fsp3) is 0.333. The Bertz CT molecular complexity index is 1360. The fourth-order valence-electron chi connectivity index (χ4n) is 4.33. The van der Waals surface area contributed by atoms with Gasteiger partial charge < -0.3 is 15.0 Å². The Morgan fingerprint density at radius 1 is 0.949 bits per heavy atom. The molecule has 0 bridgehead atoms. The van der Waals surface area contributed by atoms with E-state index in [1.54, 1.807) is 44.4 Å². The summed E-state index contributed by atoms with van der Waals surface area (Å²) in [5.74, 6) is -0.162. The predicted molar refractivity (Wildman–Crippen MR) is 154 cm³/mol. The molecule has 0 aliphatic carbocycles. The normalized spacial score (nSPS) is 11.9. The molecule has 0 radical (unpaired) electrons. The monoisotopic (exact) mass is 551 g/mol. The Morgan fingerprint density at radius 3 is 2.26 bits per heavy atom. The number of carbonyl (C=O) groups is 2. The van der Waals surface area contributed by atoms with Crippen LogP contribution >= 0.6 is 0 Å². The van der Waals surface area contributed by atoms with Gasteiger partial charge in [-0.05, 0) is 48.2 Å². The van der Waals surface area contributed by atoms with Crippen molar-refractivity contribution in [1.29, 1.82) is 0 Å². The summed E-state index contributed by atoms with van der Waals surface area (Å²) in [7, 11) is -2.25. The number of amides is 2. The summed E-state index contributed by atoms with van der Waals surface area (Å²) in [4.78, 5) is 29.0. The first-order chi connectivity index (χ1) is 18.6. The second-order valence-electron chi connectivity index (χ2n) is 9.43. The van der Waals surface area contributed by atoms with E-state index < -0.39 is 28.5 Å². The molecule has 0 heterocycles. The standard InChI is InChI=1S/C30H37N3O5S/c1-5-18-31-30(35)28(20-24-13-7-6-8-14-24)32(21-25-15-11-16-26(19-25)38-3)29(34)22-33(39(4,36)37)27-17-10-9-12-23(27)2/h6-17,19,28H,5,18,20-22H2,1-4H3,(H,31,35). The number of sulfonamides is 1. The van der Waals surface area contributed by atoms with Crippen molar-refractivity contribution < 1.29 is 22.7 Å². The topological polar surface area (TPSA) is 96.0 Å². The summed E-state index contributed by atoms with van der Waals surface area (Å²) in [6.07, 6.45) is 2.09. The van der Waals surface area contributed by atoms with Gasteiger partial charge in [0.2, 0.25) is 21.8 Å². The highest BCUT2D eigenvalue weighted by atomic mass is 32.2. The molecule has 0 fully saturated rings. The molecule has 3 aromatic carbocycles. The van der Waals surface area contributed by atoms with Gasteiger partial charge in [0.15, 0.2) is 0 Å². The Balaban J connectivity index is 2.06. The van der Waals surface area contributed by atoms with E-state index in [-0.39, 0.29) is 18.9 Å².